The highest BCUT2D eigenvalue weighted by molar-refractivity contribution is 5.87. The predicted octanol–water partition coefficient (Wildman–Crippen LogP) is -1.97. The third-order valence-electron chi connectivity index (χ3n) is 1.97. The molecule has 0 aromatic carbocycles. The van der Waals surface area contributed by atoms with Crippen LogP contribution in [0.2, 0.25) is 0 Å². The summed E-state index contributed by atoms with van der Waals surface area (Å²) in [5, 5.41) is 26.9. The van der Waals surface area contributed by atoms with Gasteiger partial charge in [-0.2, -0.15) is 0 Å². The first-order chi connectivity index (χ1) is 6.56. The average Bonchev–Trinajstić information content (AvgIpc) is 2.19. The molecule has 0 aliphatic carbocycles. The van der Waals surface area contributed by atoms with Crippen molar-refractivity contribution in [3.8, 4) is 0 Å². The number of carbonyl (C=O) groups is 1. The van der Waals surface area contributed by atoms with Crippen LogP contribution in [0, 0.1) is 0 Å². The number of aliphatic hydroxyl groups excluding tert-OH is 3. The van der Waals surface area contributed by atoms with E-state index in [1.807, 2.05) is 0 Å². The van der Waals surface area contributed by atoms with Crippen molar-refractivity contribution in [2.45, 2.75) is 31.5 Å². The second kappa shape index (κ2) is 4.81. The standard InChI is InChI=1S/C8H14O6/c1-4-13-3-6(11)8(14-4)7(12)5(10)2-9/h4-6,8-11H,2-3H2,1H3/t4?,5-,6-,8-/m1/s1. The van der Waals surface area contributed by atoms with E-state index in [0.29, 0.717) is 0 Å². The second-order valence-corrected chi connectivity index (χ2v) is 3.13. The van der Waals surface area contributed by atoms with Crippen molar-refractivity contribution in [1.82, 2.24) is 0 Å². The van der Waals surface area contributed by atoms with Crippen molar-refractivity contribution in [1.29, 1.82) is 0 Å². The van der Waals surface area contributed by atoms with Crippen molar-refractivity contribution in [3.05, 3.63) is 0 Å². The van der Waals surface area contributed by atoms with Gasteiger partial charge in [0.05, 0.1) is 13.2 Å². The van der Waals surface area contributed by atoms with E-state index in [1.54, 1.807) is 6.92 Å². The first-order valence-electron chi connectivity index (χ1n) is 4.34. The fourth-order valence-electron chi connectivity index (χ4n) is 1.19. The summed E-state index contributed by atoms with van der Waals surface area (Å²) in [7, 11) is 0. The Labute approximate surface area is 81.1 Å². The Kier molecular flexibility index (Phi) is 3.97. The lowest BCUT2D eigenvalue weighted by Gasteiger charge is -2.31. The van der Waals surface area contributed by atoms with Gasteiger partial charge in [-0.25, -0.2) is 0 Å². The lowest BCUT2D eigenvalue weighted by atomic mass is 10.0. The van der Waals surface area contributed by atoms with Crippen LogP contribution in [0.1, 0.15) is 6.92 Å². The van der Waals surface area contributed by atoms with Gasteiger partial charge in [0.1, 0.15) is 18.3 Å². The fourth-order valence-corrected chi connectivity index (χ4v) is 1.19. The first kappa shape index (κ1) is 11.5. The molecule has 1 fully saturated rings. The molecule has 0 aromatic rings. The van der Waals surface area contributed by atoms with Gasteiger partial charge in [-0.1, -0.05) is 0 Å². The Morgan fingerprint density at radius 3 is 2.86 bits per heavy atom. The highest BCUT2D eigenvalue weighted by atomic mass is 16.7. The summed E-state index contributed by atoms with van der Waals surface area (Å²) < 4.78 is 9.91. The monoisotopic (exact) mass is 206 g/mol. The van der Waals surface area contributed by atoms with E-state index < -0.39 is 37.0 Å². The maximum absolute atomic E-state index is 11.3. The van der Waals surface area contributed by atoms with Gasteiger partial charge < -0.3 is 24.8 Å². The van der Waals surface area contributed by atoms with E-state index in [9.17, 15) is 9.90 Å². The SMILES string of the molecule is CC1OC[C@@H](O)[C@H](C(=O)[C@H](O)CO)O1. The van der Waals surface area contributed by atoms with E-state index >= 15 is 0 Å². The van der Waals surface area contributed by atoms with Crippen molar-refractivity contribution in [3.63, 3.8) is 0 Å². The molecule has 0 spiro atoms. The normalized spacial score (nSPS) is 35.3. The van der Waals surface area contributed by atoms with E-state index in [-0.39, 0.29) is 6.61 Å². The summed E-state index contributed by atoms with van der Waals surface area (Å²) in [6, 6.07) is 0. The molecule has 1 aliphatic heterocycles. The van der Waals surface area contributed by atoms with Crippen molar-refractivity contribution >= 4 is 5.78 Å². The van der Waals surface area contributed by atoms with Gasteiger partial charge in [0, 0.05) is 0 Å². The molecule has 1 rings (SSSR count). The molecule has 1 saturated heterocycles. The summed E-state index contributed by atoms with van der Waals surface area (Å²) in [5.74, 6) is -0.727. The fraction of sp³-hybridized carbons (Fsp3) is 0.875. The van der Waals surface area contributed by atoms with E-state index in [2.05, 4.69) is 0 Å². The summed E-state index contributed by atoms with van der Waals surface area (Å²) in [4.78, 5) is 11.3. The smallest absolute Gasteiger partial charge is 0.195 e. The molecule has 6 heteroatoms. The van der Waals surface area contributed by atoms with Crippen molar-refractivity contribution < 1.29 is 29.6 Å². The number of hydrogen-bond donors (Lipinski definition) is 3. The molecule has 0 radical (unpaired) electrons. The van der Waals surface area contributed by atoms with Crippen LogP contribution in [-0.2, 0) is 14.3 Å². The van der Waals surface area contributed by atoms with E-state index in [1.165, 1.54) is 0 Å². The molecule has 4 atom stereocenters. The molecular weight excluding hydrogens is 192 g/mol. The van der Waals surface area contributed by atoms with Crippen LogP contribution in [0.5, 0.6) is 0 Å². The molecule has 14 heavy (non-hydrogen) atoms. The Morgan fingerprint density at radius 2 is 2.29 bits per heavy atom. The zero-order chi connectivity index (χ0) is 10.7. The Bertz CT molecular complexity index is 206. The molecule has 0 saturated carbocycles. The minimum atomic E-state index is -1.51. The summed E-state index contributed by atoms with van der Waals surface area (Å²) in [6.07, 6.45) is -4.33. The van der Waals surface area contributed by atoms with Crippen LogP contribution in [0.4, 0.5) is 0 Å². The minimum Gasteiger partial charge on any atom is -0.393 e. The Morgan fingerprint density at radius 1 is 1.64 bits per heavy atom. The highest BCUT2D eigenvalue weighted by Crippen LogP contribution is 2.14. The van der Waals surface area contributed by atoms with Crippen LogP contribution in [0.3, 0.4) is 0 Å². The highest BCUT2D eigenvalue weighted by Gasteiger charge is 2.36. The third kappa shape index (κ3) is 2.49. The first-order valence-corrected chi connectivity index (χ1v) is 4.34. The lowest BCUT2D eigenvalue weighted by Crippen LogP contribution is -2.51. The van der Waals surface area contributed by atoms with Crippen LogP contribution in [0.25, 0.3) is 0 Å². The van der Waals surface area contributed by atoms with Gasteiger partial charge in [-0.05, 0) is 6.92 Å². The predicted molar refractivity (Wildman–Crippen MR) is 44.4 cm³/mol. The van der Waals surface area contributed by atoms with E-state index in [4.69, 9.17) is 19.7 Å². The van der Waals surface area contributed by atoms with Gasteiger partial charge in [0.15, 0.2) is 12.1 Å². The largest absolute Gasteiger partial charge is 0.393 e. The maximum atomic E-state index is 11.3. The van der Waals surface area contributed by atoms with Crippen LogP contribution in [-0.4, -0.2) is 58.9 Å². The molecule has 3 N–H and O–H groups in total. The van der Waals surface area contributed by atoms with Crippen molar-refractivity contribution in [2.24, 2.45) is 0 Å². The number of rotatable bonds is 3. The van der Waals surface area contributed by atoms with Crippen LogP contribution < -0.4 is 0 Å². The van der Waals surface area contributed by atoms with Gasteiger partial charge in [0.2, 0.25) is 0 Å². The van der Waals surface area contributed by atoms with Gasteiger partial charge >= 0.3 is 0 Å². The van der Waals surface area contributed by atoms with Gasteiger partial charge in [0.25, 0.3) is 0 Å². The zero-order valence-electron chi connectivity index (χ0n) is 7.79. The summed E-state index contributed by atoms with van der Waals surface area (Å²) in [5.41, 5.74) is 0. The Balaban J connectivity index is 2.60. The number of hydrogen-bond acceptors (Lipinski definition) is 6. The zero-order valence-corrected chi connectivity index (χ0v) is 7.79. The molecule has 1 unspecified atom stereocenters. The summed E-state index contributed by atoms with van der Waals surface area (Å²) in [6.45, 7) is 0.883. The van der Waals surface area contributed by atoms with Gasteiger partial charge in [-0.3, -0.25) is 4.79 Å². The average molecular weight is 206 g/mol. The number of ketones is 1. The third-order valence-corrected chi connectivity index (χ3v) is 1.97. The molecule has 0 amide bonds. The Hall–Kier alpha value is -0.530. The maximum Gasteiger partial charge on any atom is 0.195 e. The van der Waals surface area contributed by atoms with Crippen LogP contribution >= 0.6 is 0 Å². The molecule has 0 bridgehead atoms. The number of ether oxygens (including phenoxy) is 2. The molecule has 82 valence electrons. The molecule has 1 aliphatic rings. The molecular formula is C8H14O6. The number of aliphatic hydroxyl groups is 3. The number of Topliss-reactive ketones (excluding diaryl/α,β-unsaturated/α-hetero) is 1. The summed E-state index contributed by atoms with van der Waals surface area (Å²) >= 11 is 0. The second-order valence-electron chi connectivity index (χ2n) is 3.13. The van der Waals surface area contributed by atoms with E-state index in [0.717, 1.165) is 0 Å². The molecule has 6 nitrogen and oxygen atoms in total. The van der Waals surface area contributed by atoms with Crippen molar-refractivity contribution in [2.75, 3.05) is 13.2 Å². The van der Waals surface area contributed by atoms with Crippen LogP contribution in [0.15, 0.2) is 0 Å². The quantitative estimate of drug-likeness (QED) is 0.495. The lowest BCUT2D eigenvalue weighted by molar-refractivity contribution is -0.241. The van der Waals surface area contributed by atoms with Gasteiger partial charge in [-0.15, -0.1) is 0 Å². The molecule has 1 heterocycles. The minimum absolute atomic E-state index is 0.0181. The number of carbonyl (C=O) groups excluding carboxylic acids is 1. The molecule has 0 aromatic heterocycles. The topological polar surface area (TPSA) is 96.2 Å².